The Morgan fingerprint density at radius 1 is 0.243 bits per heavy atom. The summed E-state index contributed by atoms with van der Waals surface area (Å²) >= 11 is 3.72. The summed E-state index contributed by atoms with van der Waals surface area (Å²) in [5, 5.41) is 12.5. The predicted molar refractivity (Wildman–Crippen MR) is 305 cm³/mol. The summed E-state index contributed by atoms with van der Waals surface area (Å²) in [6.45, 7) is 0. The molecule has 0 aliphatic rings. The Hall–Kier alpha value is -8.54. The standard InChI is InChI=1S/C66H42N2S2/c1-3-19-52-43(13-1)15-11-25-60(52)67(50-37-39-58-56-21-5-7-27-62(56)69-64(58)41-50)48-33-29-45(30-34-48)54-23-9-17-47-18-10-24-55(66(47)54)46-31-35-49(36-32-46)68(61-26-12-16-44-14-2-4-20-53(44)61)51-38-40-59-57-22-6-8-28-63(57)70-65(59)42-51/h1-42H. The number of rotatable bonds is 8. The van der Waals surface area contributed by atoms with Crippen LogP contribution in [0, 0.1) is 0 Å². The summed E-state index contributed by atoms with van der Waals surface area (Å²) in [6, 6.07) is 93.8. The lowest BCUT2D eigenvalue weighted by Gasteiger charge is -2.27. The Labute approximate surface area is 413 Å². The average molecular weight is 927 g/mol. The van der Waals surface area contributed by atoms with Crippen LogP contribution in [0.5, 0.6) is 0 Å². The molecule has 0 amide bonds. The summed E-state index contributed by atoms with van der Waals surface area (Å²) < 4.78 is 5.19. The SMILES string of the molecule is c1ccc2c(N(c3ccc(-c4cccc5cccc(-c6ccc(N(c7ccc8c(c7)sc7ccccc78)c7cccc8ccccc78)cc6)c45)cc3)c3ccc4c(c3)sc3ccccc34)cccc2c1. The Morgan fingerprint density at radius 2 is 0.600 bits per heavy atom. The van der Waals surface area contributed by atoms with E-state index in [2.05, 4.69) is 265 Å². The molecular formula is C66H42N2S2. The van der Waals surface area contributed by atoms with Gasteiger partial charge in [0.05, 0.1) is 11.4 Å². The molecule has 0 saturated carbocycles. The maximum atomic E-state index is 2.42. The van der Waals surface area contributed by atoms with Gasteiger partial charge in [0, 0.05) is 73.9 Å². The first kappa shape index (κ1) is 40.5. The molecular weight excluding hydrogens is 885 g/mol. The van der Waals surface area contributed by atoms with Gasteiger partial charge >= 0.3 is 0 Å². The second-order valence-electron chi connectivity index (χ2n) is 18.0. The molecule has 0 aliphatic heterocycles. The molecule has 2 aromatic heterocycles. The third kappa shape index (κ3) is 6.75. The van der Waals surface area contributed by atoms with Crippen molar-refractivity contribution in [3.63, 3.8) is 0 Å². The van der Waals surface area contributed by atoms with Gasteiger partial charge in [-0.05, 0) is 117 Å². The molecule has 0 N–H and O–H groups in total. The van der Waals surface area contributed by atoms with Crippen molar-refractivity contribution in [2.75, 3.05) is 9.80 Å². The number of anilines is 6. The zero-order valence-corrected chi connectivity index (χ0v) is 39.6. The van der Waals surface area contributed by atoms with Crippen LogP contribution in [0.15, 0.2) is 255 Å². The van der Waals surface area contributed by atoms with Crippen LogP contribution in [-0.2, 0) is 0 Å². The molecule has 14 rings (SSSR count). The summed E-state index contributed by atoms with van der Waals surface area (Å²) in [6.07, 6.45) is 0. The fourth-order valence-corrected chi connectivity index (χ4v) is 13.0. The average Bonchev–Trinajstić information content (AvgIpc) is 3.99. The van der Waals surface area contributed by atoms with E-state index in [-0.39, 0.29) is 0 Å². The first-order chi connectivity index (χ1) is 34.7. The van der Waals surface area contributed by atoms with Crippen LogP contribution >= 0.6 is 22.7 Å². The third-order valence-corrected chi connectivity index (χ3v) is 16.3. The van der Waals surface area contributed by atoms with E-state index < -0.39 is 0 Å². The molecule has 0 bridgehead atoms. The lowest BCUT2D eigenvalue weighted by molar-refractivity contribution is 1.30. The summed E-state index contributed by atoms with van der Waals surface area (Å²) in [5.41, 5.74) is 11.6. The normalized spacial score (nSPS) is 11.7. The molecule has 0 atom stereocenters. The highest BCUT2D eigenvalue weighted by molar-refractivity contribution is 7.26. The van der Waals surface area contributed by atoms with Gasteiger partial charge in [0.1, 0.15) is 0 Å². The molecule has 328 valence electrons. The fraction of sp³-hybridized carbons (Fsp3) is 0. The largest absolute Gasteiger partial charge is 0.310 e. The van der Waals surface area contributed by atoms with Gasteiger partial charge in [-0.2, -0.15) is 0 Å². The molecule has 70 heavy (non-hydrogen) atoms. The van der Waals surface area contributed by atoms with Gasteiger partial charge in [-0.1, -0.05) is 182 Å². The van der Waals surface area contributed by atoms with Crippen LogP contribution in [0.25, 0.3) is 94.9 Å². The van der Waals surface area contributed by atoms with Crippen molar-refractivity contribution in [2.45, 2.75) is 0 Å². The molecule has 14 aromatic rings. The van der Waals surface area contributed by atoms with Crippen LogP contribution < -0.4 is 9.80 Å². The molecule has 12 aromatic carbocycles. The lowest BCUT2D eigenvalue weighted by Crippen LogP contribution is -2.10. The molecule has 0 spiro atoms. The van der Waals surface area contributed by atoms with Crippen LogP contribution in [-0.4, -0.2) is 0 Å². The Bertz CT molecular complexity index is 4030. The lowest BCUT2D eigenvalue weighted by atomic mass is 9.91. The number of hydrogen-bond donors (Lipinski definition) is 0. The van der Waals surface area contributed by atoms with Crippen molar-refractivity contribution >= 4 is 129 Å². The van der Waals surface area contributed by atoms with Crippen molar-refractivity contribution in [1.82, 2.24) is 0 Å². The van der Waals surface area contributed by atoms with Gasteiger partial charge < -0.3 is 9.80 Å². The Balaban J connectivity index is 0.866. The van der Waals surface area contributed by atoms with Crippen LogP contribution in [0.1, 0.15) is 0 Å². The second kappa shape index (κ2) is 16.6. The second-order valence-corrected chi connectivity index (χ2v) is 20.2. The molecule has 2 heterocycles. The maximum absolute atomic E-state index is 2.42. The number of thiophene rings is 2. The molecule has 0 aliphatic carbocycles. The van der Waals surface area contributed by atoms with E-state index in [1.807, 2.05) is 22.7 Å². The Kier molecular flexibility index (Phi) is 9.61. The maximum Gasteiger partial charge on any atom is 0.0540 e. The third-order valence-electron chi connectivity index (χ3n) is 14.0. The van der Waals surface area contributed by atoms with Crippen molar-refractivity contribution in [2.24, 2.45) is 0 Å². The van der Waals surface area contributed by atoms with Gasteiger partial charge in [0.2, 0.25) is 0 Å². The minimum Gasteiger partial charge on any atom is -0.310 e. The highest BCUT2D eigenvalue weighted by atomic mass is 32.1. The quantitative estimate of drug-likeness (QED) is 0.150. The number of fused-ring (bicyclic) bond motifs is 9. The molecule has 0 saturated heterocycles. The molecule has 0 fully saturated rings. The zero-order valence-electron chi connectivity index (χ0n) is 38.0. The van der Waals surface area contributed by atoms with E-state index in [9.17, 15) is 0 Å². The topological polar surface area (TPSA) is 6.48 Å². The van der Waals surface area contributed by atoms with E-state index in [4.69, 9.17) is 0 Å². The van der Waals surface area contributed by atoms with E-state index in [1.165, 1.54) is 94.9 Å². The summed E-state index contributed by atoms with van der Waals surface area (Å²) in [5.74, 6) is 0. The first-order valence-electron chi connectivity index (χ1n) is 23.8. The van der Waals surface area contributed by atoms with E-state index in [1.54, 1.807) is 0 Å². The van der Waals surface area contributed by atoms with E-state index in [0.717, 1.165) is 34.1 Å². The van der Waals surface area contributed by atoms with Crippen LogP contribution in [0.2, 0.25) is 0 Å². The summed E-state index contributed by atoms with van der Waals surface area (Å²) in [4.78, 5) is 4.85. The molecule has 0 radical (unpaired) electrons. The van der Waals surface area contributed by atoms with Crippen molar-refractivity contribution in [3.05, 3.63) is 255 Å². The number of benzene rings is 12. The monoisotopic (exact) mass is 926 g/mol. The van der Waals surface area contributed by atoms with Crippen LogP contribution in [0.4, 0.5) is 34.1 Å². The molecule has 4 heteroatoms. The first-order valence-corrected chi connectivity index (χ1v) is 25.4. The predicted octanol–water partition coefficient (Wildman–Crippen LogP) is 20.2. The minimum atomic E-state index is 1.11. The number of nitrogens with zero attached hydrogens (tertiary/aromatic N) is 2. The van der Waals surface area contributed by atoms with Gasteiger partial charge in [0.25, 0.3) is 0 Å². The van der Waals surface area contributed by atoms with Crippen molar-refractivity contribution < 1.29 is 0 Å². The van der Waals surface area contributed by atoms with Gasteiger partial charge in [-0.25, -0.2) is 0 Å². The van der Waals surface area contributed by atoms with Gasteiger partial charge in [-0.3, -0.25) is 0 Å². The van der Waals surface area contributed by atoms with E-state index in [0.29, 0.717) is 0 Å². The van der Waals surface area contributed by atoms with Crippen molar-refractivity contribution in [3.8, 4) is 22.3 Å². The number of hydrogen-bond acceptors (Lipinski definition) is 4. The van der Waals surface area contributed by atoms with Gasteiger partial charge in [-0.15, -0.1) is 22.7 Å². The van der Waals surface area contributed by atoms with E-state index >= 15 is 0 Å². The molecule has 2 nitrogen and oxygen atoms in total. The fourth-order valence-electron chi connectivity index (χ4n) is 10.8. The smallest absolute Gasteiger partial charge is 0.0540 e. The minimum absolute atomic E-state index is 1.11. The van der Waals surface area contributed by atoms with Crippen molar-refractivity contribution in [1.29, 1.82) is 0 Å². The highest BCUT2D eigenvalue weighted by Gasteiger charge is 2.20. The van der Waals surface area contributed by atoms with Crippen LogP contribution in [0.3, 0.4) is 0 Å². The van der Waals surface area contributed by atoms with Gasteiger partial charge in [0.15, 0.2) is 0 Å². The highest BCUT2D eigenvalue weighted by Crippen LogP contribution is 2.46. The zero-order chi connectivity index (χ0) is 46.1. The molecule has 0 unspecified atom stereocenters. The summed E-state index contributed by atoms with van der Waals surface area (Å²) in [7, 11) is 0. The Morgan fingerprint density at radius 3 is 1.07 bits per heavy atom.